The summed E-state index contributed by atoms with van der Waals surface area (Å²) in [6, 6.07) is 5.40. The van der Waals surface area contributed by atoms with Crippen LogP contribution in [0, 0.1) is 6.92 Å². The van der Waals surface area contributed by atoms with Gasteiger partial charge in [0, 0.05) is 39.3 Å². The second-order valence-electron chi connectivity index (χ2n) is 10.1. The minimum absolute atomic E-state index is 0.0939. The molecular formula is C28H35ClN10O4S. The number of ether oxygens (including phenoxy) is 2. The van der Waals surface area contributed by atoms with Crippen LogP contribution in [0.3, 0.4) is 0 Å². The lowest BCUT2D eigenvalue weighted by molar-refractivity contribution is -0.164. The van der Waals surface area contributed by atoms with Crippen LogP contribution in [0.15, 0.2) is 37.1 Å². The molecule has 0 spiro atoms. The molecule has 234 valence electrons. The third kappa shape index (κ3) is 8.60. The van der Waals surface area contributed by atoms with Crippen LogP contribution in [0.4, 0.5) is 28.7 Å². The first-order chi connectivity index (χ1) is 21.4. The average Bonchev–Trinajstić information content (AvgIpc) is 3.51. The molecule has 1 aromatic carbocycles. The molecule has 1 unspecified atom stereocenters. The van der Waals surface area contributed by atoms with E-state index in [0.717, 1.165) is 68.5 Å². The van der Waals surface area contributed by atoms with E-state index in [2.05, 4.69) is 52.9 Å². The maximum Gasteiger partial charge on any atom is 0.267 e. The van der Waals surface area contributed by atoms with Crippen LogP contribution in [0.2, 0.25) is 5.02 Å². The molecule has 2 fully saturated rings. The van der Waals surface area contributed by atoms with Gasteiger partial charge in [-0.1, -0.05) is 41.6 Å². The van der Waals surface area contributed by atoms with E-state index in [0.29, 0.717) is 46.4 Å². The van der Waals surface area contributed by atoms with E-state index in [1.807, 2.05) is 24.0 Å². The number of hydrazine groups is 1. The Morgan fingerprint density at radius 2 is 2.00 bits per heavy atom. The second kappa shape index (κ2) is 15.2. The van der Waals surface area contributed by atoms with E-state index >= 15 is 0 Å². The number of para-hydroxylation sites is 1. The van der Waals surface area contributed by atoms with Crippen LogP contribution in [-0.4, -0.2) is 88.9 Å². The van der Waals surface area contributed by atoms with Crippen molar-refractivity contribution >= 4 is 63.4 Å². The molecule has 2 aliphatic heterocycles. The lowest BCUT2D eigenvalue weighted by Gasteiger charge is -2.35. The Hall–Kier alpha value is -3.89. The van der Waals surface area contributed by atoms with Gasteiger partial charge < -0.3 is 19.7 Å². The SMILES string of the molecule is C=CC(=O)NNc1nc(Nc2ncc(C(=O)Nc3c(C)cccc3Cl)s2)nc(N2CCN(CCOC3CCCCO3)CC2)n1. The third-order valence-corrected chi connectivity index (χ3v) is 8.25. The molecule has 14 nitrogen and oxygen atoms in total. The number of benzene rings is 1. The smallest absolute Gasteiger partial charge is 0.267 e. The van der Waals surface area contributed by atoms with Gasteiger partial charge in [0.1, 0.15) is 4.88 Å². The molecule has 2 saturated heterocycles. The first-order valence-electron chi connectivity index (χ1n) is 14.3. The second-order valence-corrected chi connectivity index (χ2v) is 11.6. The zero-order chi connectivity index (χ0) is 30.9. The summed E-state index contributed by atoms with van der Waals surface area (Å²) in [5.74, 6) is -0.0443. The zero-order valence-corrected chi connectivity index (χ0v) is 25.9. The van der Waals surface area contributed by atoms with E-state index in [1.54, 1.807) is 6.07 Å². The number of aromatic nitrogens is 4. The summed E-state index contributed by atoms with van der Waals surface area (Å²) in [7, 11) is 0. The summed E-state index contributed by atoms with van der Waals surface area (Å²) in [5.41, 5.74) is 6.56. The minimum Gasteiger partial charge on any atom is -0.353 e. The van der Waals surface area contributed by atoms with Gasteiger partial charge in [0.15, 0.2) is 11.4 Å². The number of anilines is 5. The highest BCUT2D eigenvalue weighted by Gasteiger charge is 2.22. The number of nitrogens with one attached hydrogen (secondary N) is 4. The summed E-state index contributed by atoms with van der Waals surface area (Å²) in [6.07, 6.45) is 5.68. The van der Waals surface area contributed by atoms with Crippen LogP contribution in [-0.2, 0) is 14.3 Å². The molecule has 2 amide bonds. The van der Waals surface area contributed by atoms with E-state index in [-0.39, 0.29) is 24.1 Å². The number of piperazine rings is 1. The fourth-order valence-electron chi connectivity index (χ4n) is 4.61. The molecule has 5 rings (SSSR count). The van der Waals surface area contributed by atoms with Crippen molar-refractivity contribution in [2.75, 3.05) is 66.9 Å². The molecule has 44 heavy (non-hydrogen) atoms. The van der Waals surface area contributed by atoms with Crippen molar-refractivity contribution in [1.29, 1.82) is 0 Å². The molecular weight excluding hydrogens is 608 g/mol. The van der Waals surface area contributed by atoms with Gasteiger partial charge in [-0.3, -0.25) is 30.7 Å². The molecule has 0 radical (unpaired) electrons. The fourth-order valence-corrected chi connectivity index (χ4v) is 5.59. The molecule has 0 aliphatic carbocycles. The van der Waals surface area contributed by atoms with Crippen molar-refractivity contribution in [3.63, 3.8) is 0 Å². The molecule has 4 N–H and O–H groups in total. The zero-order valence-electron chi connectivity index (χ0n) is 24.3. The number of hydrogen-bond donors (Lipinski definition) is 4. The van der Waals surface area contributed by atoms with Crippen molar-refractivity contribution < 1.29 is 19.1 Å². The van der Waals surface area contributed by atoms with Crippen LogP contribution < -0.4 is 26.4 Å². The van der Waals surface area contributed by atoms with Gasteiger partial charge in [0.05, 0.1) is 23.5 Å². The molecule has 3 aromatic rings. The number of halogens is 1. The van der Waals surface area contributed by atoms with E-state index in [1.165, 1.54) is 6.20 Å². The Bertz CT molecular complexity index is 1440. The molecule has 1 atom stereocenters. The number of aryl methyl sites for hydroxylation is 1. The van der Waals surface area contributed by atoms with Gasteiger partial charge in [-0.05, 0) is 43.9 Å². The highest BCUT2D eigenvalue weighted by molar-refractivity contribution is 7.17. The van der Waals surface area contributed by atoms with Crippen molar-refractivity contribution in [3.8, 4) is 0 Å². The molecule has 2 aromatic heterocycles. The number of amides is 2. The van der Waals surface area contributed by atoms with Crippen LogP contribution in [0.5, 0.6) is 0 Å². The number of hydrogen-bond acceptors (Lipinski definition) is 13. The quantitative estimate of drug-likeness (QED) is 0.168. The van der Waals surface area contributed by atoms with Gasteiger partial charge in [-0.2, -0.15) is 15.0 Å². The summed E-state index contributed by atoms with van der Waals surface area (Å²) in [6.45, 7) is 10.5. The van der Waals surface area contributed by atoms with E-state index in [4.69, 9.17) is 21.1 Å². The Balaban J connectivity index is 1.22. The number of carbonyl (C=O) groups excluding carboxylic acids is 2. The lowest BCUT2D eigenvalue weighted by Crippen LogP contribution is -2.48. The van der Waals surface area contributed by atoms with Crippen LogP contribution >= 0.6 is 22.9 Å². The maximum absolute atomic E-state index is 12.9. The van der Waals surface area contributed by atoms with E-state index in [9.17, 15) is 9.59 Å². The highest BCUT2D eigenvalue weighted by Crippen LogP contribution is 2.28. The van der Waals surface area contributed by atoms with Gasteiger partial charge in [0.2, 0.25) is 17.8 Å². The minimum atomic E-state index is -0.444. The first kappa shape index (κ1) is 31.5. The highest BCUT2D eigenvalue weighted by atomic mass is 35.5. The summed E-state index contributed by atoms with van der Waals surface area (Å²) < 4.78 is 11.5. The molecule has 0 saturated carbocycles. The Kier molecular flexibility index (Phi) is 10.9. The van der Waals surface area contributed by atoms with E-state index < -0.39 is 5.91 Å². The molecule has 2 aliphatic rings. The van der Waals surface area contributed by atoms with Gasteiger partial charge >= 0.3 is 0 Å². The van der Waals surface area contributed by atoms with Crippen molar-refractivity contribution in [2.24, 2.45) is 0 Å². The standard InChI is InChI=1S/C28H35ClN10O4S/c1-3-21(40)36-37-26-32-25(35-28-30-17-20(44-28)24(41)31-23-18(2)7-6-8-19(23)29)33-27(34-26)39-12-10-38(11-13-39)14-16-43-22-9-4-5-15-42-22/h3,6-8,17,22H,1,4-5,9-16H2,2H3,(H,31,41)(H,36,40)(H2,30,32,33,34,35,37). The monoisotopic (exact) mass is 642 g/mol. The number of thiazole rings is 1. The average molecular weight is 643 g/mol. The van der Waals surface area contributed by atoms with Crippen LogP contribution in [0.1, 0.15) is 34.5 Å². The van der Waals surface area contributed by atoms with Gasteiger partial charge in [0.25, 0.3) is 11.8 Å². The predicted molar refractivity (Wildman–Crippen MR) is 170 cm³/mol. The van der Waals surface area contributed by atoms with Crippen molar-refractivity contribution in [2.45, 2.75) is 32.5 Å². The summed E-state index contributed by atoms with van der Waals surface area (Å²) in [5, 5.41) is 6.75. The Labute approximate surface area is 264 Å². The van der Waals surface area contributed by atoms with Crippen LogP contribution in [0.25, 0.3) is 0 Å². The van der Waals surface area contributed by atoms with Gasteiger partial charge in [-0.25, -0.2) is 4.98 Å². The van der Waals surface area contributed by atoms with Crippen molar-refractivity contribution in [1.82, 2.24) is 30.3 Å². The Morgan fingerprint density at radius 1 is 1.18 bits per heavy atom. The third-order valence-electron chi connectivity index (χ3n) is 7.02. The summed E-state index contributed by atoms with van der Waals surface area (Å²) in [4.78, 5) is 47.2. The molecule has 0 bridgehead atoms. The summed E-state index contributed by atoms with van der Waals surface area (Å²) >= 11 is 7.40. The number of carbonyl (C=O) groups is 2. The predicted octanol–water partition coefficient (Wildman–Crippen LogP) is 3.58. The molecule has 4 heterocycles. The number of nitrogens with zero attached hydrogens (tertiary/aromatic N) is 6. The normalized spacial score (nSPS) is 17.1. The topological polar surface area (TPSA) is 159 Å². The Morgan fingerprint density at radius 3 is 2.75 bits per heavy atom. The van der Waals surface area contributed by atoms with Crippen molar-refractivity contribution in [3.05, 3.63) is 52.5 Å². The van der Waals surface area contributed by atoms with Gasteiger partial charge in [-0.15, -0.1) is 0 Å². The first-order valence-corrected chi connectivity index (χ1v) is 15.5. The number of rotatable bonds is 12. The fraction of sp³-hybridized carbons (Fsp3) is 0.429. The largest absolute Gasteiger partial charge is 0.353 e. The molecule has 16 heteroatoms. The lowest BCUT2D eigenvalue weighted by atomic mass is 10.2. The maximum atomic E-state index is 12.9.